The van der Waals surface area contributed by atoms with Crippen molar-refractivity contribution in [1.82, 2.24) is 0 Å². The van der Waals surface area contributed by atoms with Gasteiger partial charge in [-0.1, -0.05) is 52.9 Å². The van der Waals surface area contributed by atoms with Gasteiger partial charge < -0.3 is 0 Å². The van der Waals surface area contributed by atoms with Crippen molar-refractivity contribution in [1.29, 1.82) is 0 Å². The van der Waals surface area contributed by atoms with E-state index in [1.54, 1.807) is 0 Å². The molecule has 1 aromatic rings. The van der Waals surface area contributed by atoms with Crippen LogP contribution < -0.4 is 0 Å². The summed E-state index contributed by atoms with van der Waals surface area (Å²) in [4.78, 5) is 0. The van der Waals surface area contributed by atoms with E-state index in [9.17, 15) is 0 Å². The Morgan fingerprint density at radius 3 is 2.20 bits per heavy atom. The third-order valence-electron chi connectivity index (χ3n) is 1.98. The van der Waals surface area contributed by atoms with Crippen LogP contribution in [0, 0.1) is 0 Å². The van der Waals surface area contributed by atoms with Crippen molar-refractivity contribution in [2.24, 2.45) is 0 Å². The van der Waals surface area contributed by atoms with Crippen LogP contribution in [0.2, 0.25) is 0 Å². The second-order valence-electron chi connectivity index (χ2n) is 2.83. The Bertz CT molecular complexity index is 224. The molecular weight excluding hydrogens is 235 g/mol. The largest absolute Gasteiger partial charge is 0.0737 e. The highest BCUT2D eigenvalue weighted by atomic mass is 127. The lowest BCUT2D eigenvalue weighted by atomic mass is 10.1. The van der Waals surface area contributed by atoms with Crippen molar-refractivity contribution < 1.29 is 0 Å². The van der Waals surface area contributed by atoms with Gasteiger partial charge >= 0.3 is 0 Å². The molecule has 0 heterocycles. The molecule has 0 aliphatic heterocycles. The Hall–Kier alpha value is -0.0500. The highest BCUT2D eigenvalue weighted by Crippen LogP contribution is 2.53. The van der Waals surface area contributed by atoms with Gasteiger partial charge in [0.2, 0.25) is 0 Å². The van der Waals surface area contributed by atoms with Gasteiger partial charge in [0.25, 0.3) is 0 Å². The Balaban J connectivity index is 2.35. The third kappa shape index (κ3) is 1.07. The first-order valence-electron chi connectivity index (χ1n) is 3.56. The molecule has 1 aliphatic carbocycles. The summed E-state index contributed by atoms with van der Waals surface area (Å²) in [5.74, 6) is 0. The molecule has 0 N–H and O–H groups in total. The number of hydrogen-bond acceptors (Lipinski definition) is 0. The van der Waals surface area contributed by atoms with Crippen LogP contribution in [-0.4, -0.2) is 0 Å². The number of benzene rings is 1. The lowest BCUT2D eigenvalue weighted by Crippen LogP contribution is -1.92. The van der Waals surface area contributed by atoms with E-state index < -0.39 is 0 Å². The molecule has 52 valence electrons. The molecule has 0 nitrogen and oxygen atoms in total. The molecule has 0 saturated heterocycles. The van der Waals surface area contributed by atoms with Gasteiger partial charge in [-0.25, -0.2) is 0 Å². The molecule has 1 aromatic carbocycles. The average molecular weight is 244 g/mol. The van der Waals surface area contributed by atoms with E-state index >= 15 is 0 Å². The van der Waals surface area contributed by atoms with Crippen LogP contribution in [0.25, 0.3) is 0 Å². The van der Waals surface area contributed by atoms with Crippen LogP contribution in [0.15, 0.2) is 30.3 Å². The molecule has 0 spiro atoms. The summed E-state index contributed by atoms with van der Waals surface area (Å²) in [6, 6.07) is 10.8. The first-order valence-corrected chi connectivity index (χ1v) is 4.64. The van der Waals surface area contributed by atoms with Crippen LogP contribution >= 0.6 is 22.6 Å². The number of alkyl halides is 1. The molecule has 2 rings (SSSR count). The highest BCUT2D eigenvalue weighted by molar-refractivity contribution is 14.1. The SMILES string of the molecule is IC1(c2ccccc2)CC1. The second kappa shape index (κ2) is 2.22. The lowest BCUT2D eigenvalue weighted by molar-refractivity contribution is 1.09. The molecule has 1 heteroatoms. The standard InChI is InChI=1S/C9H9I/c10-9(6-7-9)8-4-2-1-3-5-8/h1-5H,6-7H2. The van der Waals surface area contributed by atoms with E-state index in [1.807, 2.05) is 0 Å². The molecule has 0 unspecified atom stereocenters. The predicted molar refractivity (Wildman–Crippen MR) is 51.4 cm³/mol. The number of halogens is 1. The minimum absolute atomic E-state index is 0.513. The molecular formula is C9H9I. The van der Waals surface area contributed by atoms with E-state index in [2.05, 4.69) is 52.9 Å². The van der Waals surface area contributed by atoms with Gasteiger partial charge in [-0.05, 0) is 18.4 Å². The van der Waals surface area contributed by atoms with Gasteiger partial charge in [-0.15, -0.1) is 0 Å². The van der Waals surface area contributed by atoms with E-state index in [-0.39, 0.29) is 0 Å². The first kappa shape index (κ1) is 6.65. The zero-order chi connectivity index (χ0) is 7.03. The molecule has 10 heavy (non-hydrogen) atoms. The van der Waals surface area contributed by atoms with Crippen LogP contribution in [0.3, 0.4) is 0 Å². The summed E-state index contributed by atoms with van der Waals surface area (Å²) >= 11 is 2.55. The molecule has 0 aromatic heterocycles. The minimum Gasteiger partial charge on any atom is -0.0737 e. The zero-order valence-electron chi connectivity index (χ0n) is 5.68. The second-order valence-corrected chi connectivity index (χ2v) is 4.90. The summed E-state index contributed by atoms with van der Waals surface area (Å²) in [6.45, 7) is 0. The highest BCUT2D eigenvalue weighted by Gasteiger charge is 2.40. The van der Waals surface area contributed by atoms with Crippen molar-refractivity contribution in [3.8, 4) is 0 Å². The summed E-state index contributed by atoms with van der Waals surface area (Å²) in [5.41, 5.74) is 1.50. The van der Waals surface area contributed by atoms with Gasteiger partial charge in [0.15, 0.2) is 0 Å². The van der Waals surface area contributed by atoms with Crippen LogP contribution in [0.5, 0.6) is 0 Å². The van der Waals surface area contributed by atoms with Gasteiger partial charge in [-0.3, -0.25) is 0 Å². The molecule has 0 radical (unpaired) electrons. The Kier molecular flexibility index (Phi) is 1.48. The maximum atomic E-state index is 2.55. The number of hydrogen-bond donors (Lipinski definition) is 0. The average Bonchev–Trinajstić information content (AvgIpc) is 2.72. The third-order valence-corrected chi connectivity index (χ3v) is 3.68. The Morgan fingerprint density at radius 1 is 1.10 bits per heavy atom. The van der Waals surface area contributed by atoms with Crippen molar-refractivity contribution in [3.63, 3.8) is 0 Å². The molecule has 0 atom stereocenters. The molecule has 0 amide bonds. The van der Waals surface area contributed by atoms with Crippen LogP contribution in [0.1, 0.15) is 18.4 Å². The fourth-order valence-electron chi connectivity index (χ4n) is 1.14. The van der Waals surface area contributed by atoms with Crippen molar-refractivity contribution in [3.05, 3.63) is 35.9 Å². The normalized spacial score (nSPS) is 20.5. The van der Waals surface area contributed by atoms with Gasteiger partial charge in [0, 0.05) is 3.42 Å². The van der Waals surface area contributed by atoms with E-state index in [1.165, 1.54) is 18.4 Å². The van der Waals surface area contributed by atoms with Gasteiger partial charge in [-0.2, -0.15) is 0 Å². The molecule has 1 aliphatic rings. The van der Waals surface area contributed by atoms with Crippen LogP contribution in [-0.2, 0) is 3.42 Å². The van der Waals surface area contributed by atoms with E-state index in [4.69, 9.17) is 0 Å². The Morgan fingerprint density at radius 2 is 1.70 bits per heavy atom. The topological polar surface area (TPSA) is 0 Å². The Labute approximate surface area is 74.8 Å². The van der Waals surface area contributed by atoms with E-state index in [0.29, 0.717) is 3.42 Å². The fourth-order valence-corrected chi connectivity index (χ4v) is 1.76. The fraction of sp³-hybridized carbons (Fsp3) is 0.333. The smallest absolute Gasteiger partial charge is 0.0471 e. The maximum Gasteiger partial charge on any atom is 0.0471 e. The van der Waals surface area contributed by atoms with E-state index in [0.717, 1.165) is 0 Å². The summed E-state index contributed by atoms with van der Waals surface area (Å²) < 4.78 is 0.513. The quantitative estimate of drug-likeness (QED) is 0.526. The molecule has 1 saturated carbocycles. The van der Waals surface area contributed by atoms with Gasteiger partial charge in [0.1, 0.15) is 0 Å². The summed E-state index contributed by atoms with van der Waals surface area (Å²) in [5, 5.41) is 0. The minimum atomic E-state index is 0.513. The summed E-state index contributed by atoms with van der Waals surface area (Å²) in [7, 11) is 0. The van der Waals surface area contributed by atoms with Crippen molar-refractivity contribution in [2.75, 3.05) is 0 Å². The molecule has 0 bridgehead atoms. The first-order chi connectivity index (χ1) is 4.81. The van der Waals surface area contributed by atoms with Crippen molar-refractivity contribution in [2.45, 2.75) is 16.3 Å². The monoisotopic (exact) mass is 244 g/mol. The number of rotatable bonds is 1. The van der Waals surface area contributed by atoms with Crippen LogP contribution in [0.4, 0.5) is 0 Å². The zero-order valence-corrected chi connectivity index (χ0v) is 7.84. The molecule has 1 fully saturated rings. The lowest BCUT2D eigenvalue weighted by Gasteiger charge is -2.04. The van der Waals surface area contributed by atoms with Crippen molar-refractivity contribution >= 4 is 22.6 Å². The van der Waals surface area contributed by atoms with Gasteiger partial charge in [0.05, 0.1) is 0 Å². The predicted octanol–water partition coefficient (Wildman–Crippen LogP) is 3.11. The summed E-state index contributed by atoms with van der Waals surface area (Å²) in [6.07, 6.45) is 2.72. The maximum absolute atomic E-state index is 2.55.